The van der Waals surface area contributed by atoms with Gasteiger partial charge in [-0.1, -0.05) is 6.92 Å². The molecule has 15 heteroatoms. The molecule has 0 aliphatic carbocycles. The summed E-state index contributed by atoms with van der Waals surface area (Å²) in [6.45, 7) is -0.769. The van der Waals surface area contributed by atoms with Crippen LogP contribution in [0.5, 0.6) is 0 Å². The summed E-state index contributed by atoms with van der Waals surface area (Å²) in [5.41, 5.74) is 0. The zero-order chi connectivity index (χ0) is 23.5. The molecule has 0 saturated carbocycles. The molecule has 0 spiro atoms. The van der Waals surface area contributed by atoms with Crippen LogP contribution in [-0.2, 0) is 0 Å². The average molecular weight is 771 g/mol. The molecule has 0 aromatic heterocycles. The van der Waals surface area contributed by atoms with E-state index in [1.165, 1.54) is 0 Å². The predicted molar refractivity (Wildman–Crippen MR) is 111 cm³/mol. The number of hydrogen-bond donors (Lipinski definition) is 12. The van der Waals surface area contributed by atoms with Crippen LogP contribution in [0.2, 0.25) is 0 Å². The molecule has 0 fully saturated rings. The number of halogens is 3. The van der Waals surface area contributed by atoms with Crippen LogP contribution in [0.4, 0.5) is 0 Å². The third kappa shape index (κ3) is 10.9. The van der Waals surface area contributed by atoms with E-state index in [9.17, 15) is 51.1 Å². The Morgan fingerprint density at radius 3 is 0.931 bits per heavy atom. The van der Waals surface area contributed by atoms with Gasteiger partial charge < -0.3 is 61.3 Å². The van der Waals surface area contributed by atoms with Crippen molar-refractivity contribution >= 4 is 37.2 Å². The van der Waals surface area contributed by atoms with E-state index in [0.717, 1.165) is 6.92 Å². The Morgan fingerprint density at radius 2 is 0.724 bits per heavy atom. The van der Waals surface area contributed by atoms with Gasteiger partial charge in [0.1, 0.15) is 48.8 Å². The number of aliphatic hydroxyl groups is 12. The summed E-state index contributed by atoms with van der Waals surface area (Å²) in [5, 5.41) is 114. The minimum absolute atomic E-state index is 0.530. The Morgan fingerprint density at radius 1 is 0.517 bits per heavy atom. The summed E-state index contributed by atoms with van der Waals surface area (Å²) in [7, 11) is 0. The van der Waals surface area contributed by atoms with Gasteiger partial charge in [0.05, 0.1) is 25.4 Å². The van der Waals surface area contributed by atoms with E-state index < -0.39 is 80.2 Å². The van der Waals surface area contributed by atoms with Crippen LogP contribution in [0.3, 0.4) is 0 Å². The molecule has 0 radical (unpaired) electrons. The first kappa shape index (κ1) is 32.9. The molecule has 0 bridgehead atoms. The molecule has 12 nitrogen and oxygen atoms in total. The van der Waals surface area contributed by atoms with Crippen LogP contribution >= 0.6 is 37.2 Å². The van der Waals surface area contributed by atoms with Gasteiger partial charge in [0, 0.05) is 5.92 Å². The number of rotatable bonds is 12. The quantitative estimate of drug-likeness (QED) is 0.0829. The fraction of sp³-hybridized carbons (Fsp3) is 1.00. The third-order valence-electron chi connectivity index (χ3n) is 4.34. The summed E-state index contributed by atoms with van der Waals surface area (Å²) < 4.78 is 0. The van der Waals surface area contributed by atoms with Gasteiger partial charge in [-0.15, -0.1) is 0 Å². The van der Waals surface area contributed by atoms with E-state index in [2.05, 4.69) is 37.2 Å². The van der Waals surface area contributed by atoms with Crippen molar-refractivity contribution in [2.75, 3.05) is 13.2 Å². The zero-order valence-electron chi connectivity index (χ0n) is 15.3. The van der Waals surface area contributed by atoms with Gasteiger partial charge >= 0.3 is 50.5 Å². The van der Waals surface area contributed by atoms with Crippen LogP contribution in [0.1, 0.15) is 6.92 Å². The van der Waals surface area contributed by atoms with E-state index in [1.54, 1.807) is 0 Å². The molecule has 0 heterocycles. The fourth-order valence-electron chi connectivity index (χ4n) is 2.30. The first-order chi connectivity index (χ1) is 13.3. The van der Waals surface area contributed by atoms with Gasteiger partial charge in [0.15, 0.2) is 0 Å². The Hall–Kier alpha value is 1.71. The zero-order valence-corrected chi connectivity index (χ0v) is 21.7. The monoisotopic (exact) mass is 771 g/mol. The molecule has 0 aromatic carbocycles. The van der Waals surface area contributed by atoms with Crippen molar-refractivity contribution in [3.05, 3.63) is 0 Å². The first-order valence-electron chi connectivity index (χ1n) is 8.23. The van der Waals surface area contributed by atoms with Crippen molar-refractivity contribution in [1.82, 2.24) is 0 Å². The summed E-state index contributed by atoms with van der Waals surface area (Å²) in [5.74, 6) is -1.43. The van der Waals surface area contributed by atoms with Crippen molar-refractivity contribution < 1.29 is 74.5 Å². The Kier molecular flexibility index (Phi) is 19.5. The van der Waals surface area contributed by atoms with Gasteiger partial charge in [-0.05, 0) is 0 Å². The van der Waals surface area contributed by atoms with Gasteiger partial charge in [-0.3, -0.25) is 0 Å². The topological polar surface area (TPSA) is 243 Å². The molecular formula is C14H30I3O12-. The molecule has 180 valence electrons. The predicted octanol–water partition coefficient (Wildman–Crippen LogP) is -8.01. The second kappa shape index (κ2) is 17.2. The van der Waals surface area contributed by atoms with E-state index in [4.69, 9.17) is 10.2 Å². The van der Waals surface area contributed by atoms with E-state index in [0.29, 0.717) is 13.3 Å². The van der Waals surface area contributed by atoms with Crippen molar-refractivity contribution in [3.63, 3.8) is 0 Å². The maximum atomic E-state index is 9.99. The summed E-state index contributed by atoms with van der Waals surface area (Å²) in [6, 6.07) is 0. The number of hydrogen-bond acceptors (Lipinski definition) is 12. The molecular weight excluding hydrogens is 741 g/mol. The molecule has 12 N–H and O–H groups in total. The van der Waals surface area contributed by atoms with Crippen LogP contribution in [0.25, 0.3) is 0 Å². The standard InChI is InChI=1S/C14H30O12.I3/c1-4(7(19)11(23)13(25)9(21)5(17)2-15)8(20)12(24)14(26)10(22)6(18)3-16;1-3-2/h4-26H,2-3H2,1H3;/q;-1. The molecule has 0 aliphatic rings. The van der Waals surface area contributed by atoms with Gasteiger partial charge in [0.2, 0.25) is 0 Å². The molecule has 10 atom stereocenters. The van der Waals surface area contributed by atoms with Crippen molar-refractivity contribution in [2.45, 2.75) is 68.0 Å². The molecule has 0 aromatic rings. The second-order valence-electron chi connectivity index (χ2n) is 6.34. The van der Waals surface area contributed by atoms with Crippen molar-refractivity contribution in [3.8, 4) is 0 Å². The SMILES string of the molecule is CC(C(O)C(O)C(O)C(O)C(O)CO)C(O)C(O)C(O)C(O)C(O)CO.I[I-]I. The van der Waals surface area contributed by atoms with E-state index >= 15 is 0 Å². The molecule has 0 aliphatic heterocycles. The molecule has 0 rings (SSSR count). The van der Waals surface area contributed by atoms with Crippen LogP contribution < -0.4 is 13.3 Å². The normalized spacial score (nSPS) is 23.4. The van der Waals surface area contributed by atoms with Crippen LogP contribution in [0, 0.1) is 5.92 Å². The average Bonchev–Trinajstić information content (AvgIpc) is 2.73. The Balaban J connectivity index is 0. The second-order valence-corrected chi connectivity index (χ2v) is 22.6. The minimum atomic E-state index is -2.12. The van der Waals surface area contributed by atoms with E-state index in [-0.39, 0.29) is 0 Å². The summed E-state index contributed by atoms with van der Waals surface area (Å²) in [6.07, 6.45) is -20.1. The van der Waals surface area contributed by atoms with Gasteiger partial charge in [-0.25, -0.2) is 0 Å². The Bertz CT molecular complexity index is 378. The number of aliphatic hydroxyl groups excluding tert-OH is 12. The molecule has 29 heavy (non-hydrogen) atoms. The molecule has 10 unspecified atom stereocenters. The van der Waals surface area contributed by atoms with Crippen molar-refractivity contribution in [1.29, 1.82) is 0 Å². The summed E-state index contributed by atoms with van der Waals surface area (Å²) in [4.78, 5) is 0. The molecule has 0 saturated heterocycles. The summed E-state index contributed by atoms with van der Waals surface area (Å²) >= 11 is 5.30. The van der Waals surface area contributed by atoms with Crippen LogP contribution in [0.15, 0.2) is 0 Å². The van der Waals surface area contributed by atoms with Gasteiger partial charge in [0.25, 0.3) is 0 Å². The fourth-order valence-corrected chi connectivity index (χ4v) is 2.30. The van der Waals surface area contributed by atoms with E-state index in [1.807, 2.05) is 0 Å². The Labute approximate surface area is 197 Å². The van der Waals surface area contributed by atoms with Gasteiger partial charge in [-0.2, -0.15) is 0 Å². The van der Waals surface area contributed by atoms with Crippen LogP contribution in [-0.4, -0.2) is 136 Å². The maximum absolute atomic E-state index is 9.99. The molecule has 0 amide bonds. The third-order valence-corrected chi connectivity index (χ3v) is 4.34. The first-order valence-corrected chi connectivity index (χ1v) is 20.8. The van der Waals surface area contributed by atoms with Crippen molar-refractivity contribution in [2.24, 2.45) is 5.92 Å².